The Kier molecular flexibility index (Phi) is 8.77. The van der Waals surface area contributed by atoms with Crippen molar-refractivity contribution in [3.05, 3.63) is 88.2 Å². The van der Waals surface area contributed by atoms with Gasteiger partial charge in [0.15, 0.2) is 0 Å². The van der Waals surface area contributed by atoms with Gasteiger partial charge in [-0.3, -0.25) is 0 Å². The van der Waals surface area contributed by atoms with E-state index in [1.807, 2.05) is 50.2 Å². The maximum atomic E-state index is 13.1. The third kappa shape index (κ3) is 6.20. The molecule has 0 aliphatic carbocycles. The number of nitrogens with zero attached hydrogens (tertiary/aromatic N) is 1. The van der Waals surface area contributed by atoms with Crippen LogP contribution in [0, 0.1) is 0 Å². The van der Waals surface area contributed by atoms with E-state index in [4.69, 9.17) is 25.8 Å². The zero-order valence-corrected chi connectivity index (χ0v) is 20.7. The minimum atomic E-state index is -0.700. The van der Waals surface area contributed by atoms with Crippen molar-refractivity contribution in [2.75, 3.05) is 13.2 Å². The highest BCUT2D eigenvalue weighted by Gasteiger charge is 2.37. The first-order valence-electron chi connectivity index (χ1n) is 11.4. The molecule has 3 rings (SSSR count). The van der Waals surface area contributed by atoms with Crippen LogP contribution in [0.2, 0.25) is 5.02 Å². The highest BCUT2D eigenvalue weighted by Crippen LogP contribution is 2.41. The van der Waals surface area contributed by atoms with Crippen LogP contribution in [0.3, 0.4) is 0 Å². The quantitative estimate of drug-likeness (QED) is 0.431. The van der Waals surface area contributed by atoms with E-state index in [-0.39, 0.29) is 19.3 Å². The molecule has 7 heteroatoms. The van der Waals surface area contributed by atoms with Gasteiger partial charge >= 0.3 is 11.9 Å². The lowest BCUT2D eigenvalue weighted by Crippen LogP contribution is -2.29. The molecule has 0 amide bonds. The van der Waals surface area contributed by atoms with Gasteiger partial charge in [-0.1, -0.05) is 41.9 Å². The Labute approximate surface area is 205 Å². The summed E-state index contributed by atoms with van der Waals surface area (Å²) in [5.74, 6) is -1.10. The maximum absolute atomic E-state index is 13.1. The minimum Gasteiger partial charge on any atom is -0.491 e. The second-order valence-electron chi connectivity index (χ2n) is 8.05. The Balaban J connectivity index is 2.12. The highest BCUT2D eigenvalue weighted by atomic mass is 35.5. The molecule has 0 spiro atoms. The molecule has 180 valence electrons. The van der Waals surface area contributed by atoms with Gasteiger partial charge in [-0.15, -0.1) is 0 Å². The fourth-order valence-electron chi connectivity index (χ4n) is 3.79. The van der Waals surface area contributed by atoms with Gasteiger partial charge in [0.2, 0.25) is 0 Å². The van der Waals surface area contributed by atoms with Crippen molar-refractivity contribution < 1.29 is 23.8 Å². The first-order chi connectivity index (χ1) is 16.3. The number of benzene rings is 2. The third-order valence-electron chi connectivity index (χ3n) is 5.13. The summed E-state index contributed by atoms with van der Waals surface area (Å²) in [7, 11) is 0. The number of hydrogen-bond donors (Lipinski definition) is 0. The minimum absolute atomic E-state index is 0.0869. The predicted molar refractivity (Wildman–Crippen MR) is 131 cm³/mol. The normalized spacial score (nSPS) is 13.9. The smallest absolute Gasteiger partial charge is 0.336 e. The van der Waals surface area contributed by atoms with Crippen LogP contribution in [0.5, 0.6) is 5.75 Å². The van der Waals surface area contributed by atoms with E-state index >= 15 is 0 Å². The van der Waals surface area contributed by atoms with Gasteiger partial charge in [0.25, 0.3) is 0 Å². The fourth-order valence-corrected chi connectivity index (χ4v) is 3.91. The van der Waals surface area contributed by atoms with E-state index < -0.39 is 17.9 Å². The molecule has 6 nitrogen and oxygen atoms in total. The van der Waals surface area contributed by atoms with Crippen LogP contribution in [-0.4, -0.2) is 36.2 Å². The summed E-state index contributed by atoms with van der Waals surface area (Å²) >= 11 is 6.02. The molecular formula is C27H30ClNO5. The number of esters is 2. The monoisotopic (exact) mass is 483 g/mol. The van der Waals surface area contributed by atoms with Crippen LogP contribution in [0.1, 0.15) is 44.7 Å². The molecule has 34 heavy (non-hydrogen) atoms. The lowest BCUT2D eigenvalue weighted by molar-refractivity contribution is -0.139. The number of para-hydroxylation sites is 1. The van der Waals surface area contributed by atoms with Gasteiger partial charge in [0, 0.05) is 29.5 Å². The molecule has 0 fully saturated rings. The molecule has 0 saturated carbocycles. The standard InChI is InChI=1S/C27H30ClNO5/c1-5-32-26(30)22-16-29(15-19-11-13-20(28)14-12-19)17-23(27(31)33-6-2)25(22)21-9-7-8-10-24(21)34-18(3)4/h7-14,16-18,25H,5-6,15H2,1-4H3. The van der Waals surface area contributed by atoms with Crippen LogP contribution < -0.4 is 4.74 Å². The maximum Gasteiger partial charge on any atom is 0.336 e. The van der Waals surface area contributed by atoms with Crippen molar-refractivity contribution in [2.45, 2.75) is 46.3 Å². The molecule has 1 aliphatic heterocycles. The molecule has 0 saturated heterocycles. The summed E-state index contributed by atoms with van der Waals surface area (Å²) in [6.45, 7) is 8.20. The molecule has 0 bridgehead atoms. The largest absolute Gasteiger partial charge is 0.491 e. The summed E-state index contributed by atoms with van der Waals surface area (Å²) in [6, 6.07) is 14.8. The summed E-state index contributed by atoms with van der Waals surface area (Å²) in [5.41, 5.74) is 2.33. The van der Waals surface area contributed by atoms with Crippen molar-refractivity contribution in [2.24, 2.45) is 0 Å². The van der Waals surface area contributed by atoms with Gasteiger partial charge in [0.05, 0.1) is 36.4 Å². The molecule has 0 N–H and O–H groups in total. The van der Waals surface area contributed by atoms with Gasteiger partial charge in [-0.2, -0.15) is 0 Å². The summed E-state index contributed by atoms with van der Waals surface area (Å²) in [5, 5.41) is 0.634. The van der Waals surface area contributed by atoms with E-state index in [2.05, 4.69) is 0 Å². The SMILES string of the molecule is CCOC(=O)C1=CN(Cc2ccc(Cl)cc2)C=C(C(=O)OCC)C1c1ccccc1OC(C)C. The van der Waals surface area contributed by atoms with Crippen molar-refractivity contribution >= 4 is 23.5 Å². The van der Waals surface area contributed by atoms with Crippen LogP contribution in [-0.2, 0) is 25.6 Å². The highest BCUT2D eigenvalue weighted by molar-refractivity contribution is 6.30. The molecule has 0 atom stereocenters. The Morgan fingerprint density at radius 3 is 2.00 bits per heavy atom. The number of ether oxygens (including phenoxy) is 3. The lowest BCUT2D eigenvalue weighted by Gasteiger charge is -2.31. The number of hydrogen-bond acceptors (Lipinski definition) is 6. The van der Waals surface area contributed by atoms with Crippen LogP contribution >= 0.6 is 11.6 Å². The topological polar surface area (TPSA) is 65.1 Å². The van der Waals surface area contributed by atoms with E-state index in [0.717, 1.165) is 5.56 Å². The van der Waals surface area contributed by atoms with Gasteiger partial charge in [-0.25, -0.2) is 9.59 Å². The summed E-state index contributed by atoms with van der Waals surface area (Å²) in [6.07, 6.45) is 3.37. The third-order valence-corrected chi connectivity index (χ3v) is 5.38. The van der Waals surface area contributed by atoms with E-state index in [9.17, 15) is 9.59 Å². The van der Waals surface area contributed by atoms with Crippen molar-refractivity contribution in [3.8, 4) is 5.75 Å². The Morgan fingerprint density at radius 1 is 0.912 bits per heavy atom. The Hall–Kier alpha value is -3.25. The predicted octanol–water partition coefficient (Wildman–Crippen LogP) is 5.62. The number of rotatable bonds is 9. The summed E-state index contributed by atoms with van der Waals surface area (Å²) < 4.78 is 16.8. The number of halogens is 1. The molecule has 0 unspecified atom stereocenters. The van der Waals surface area contributed by atoms with E-state index in [1.165, 1.54) is 0 Å². The first-order valence-corrected chi connectivity index (χ1v) is 11.7. The van der Waals surface area contributed by atoms with Crippen molar-refractivity contribution in [1.82, 2.24) is 4.90 Å². The fraction of sp³-hybridized carbons (Fsp3) is 0.333. The number of carbonyl (C=O) groups is 2. The average Bonchev–Trinajstić information content (AvgIpc) is 2.80. The summed E-state index contributed by atoms with van der Waals surface area (Å²) in [4.78, 5) is 28.1. The van der Waals surface area contributed by atoms with Crippen LogP contribution in [0.25, 0.3) is 0 Å². The Bertz CT molecular complexity index is 1040. The molecular weight excluding hydrogens is 454 g/mol. The van der Waals surface area contributed by atoms with Crippen molar-refractivity contribution in [1.29, 1.82) is 0 Å². The molecule has 0 aromatic heterocycles. The first kappa shape index (κ1) is 25.4. The van der Waals surface area contributed by atoms with Gasteiger partial charge < -0.3 is 19.1 Å². The van der Waals surface area contributed by atoms with E-state index in [0.29, 0.717) is 34.0 Å². The zero-order valence-electron chi connectivity index (χ0n) is 19.9. The average molecular weight is 484 g/mol. The van der Waals surface area contributed by atoms with Crippen LogP contribution in [0.15, 0.2) is 72.1 Å². The molecule has 1 aliphatic rings. The lowest BCUT2D eigenvalue weighted by atomic mass is 9.82. The van der Waals surface area contributed by atoms with Crippen molar-refractivity contribution in [3.63, 3.8) is 0 Å². The van der Waals surface area contributed by atoms with Gasteiger partial charge in [-0.05, 0) is 51.5 Å². The van der Waals surface area contributed by atoms with E-state index in [1.54, 1.807) is 43.3 Å². The molecule has 1 heterocycles. The molecule has 2 aromatic rings. The molecule has 0 radical (unpaired) electrons. The second kappa shape index (κ2) is 11.7. The zero-order chi connectivity index (χ0) is 24.7. The van der Waals surface area contributed by atoms with Gasteiger partial charge in [0.1, 0.15) is 5.75 Å². The second-order valence-corrected chi connectivity index (χ2v) is 8.48. The molecule has 2 aromatic carbocycles. The van der Waals surface area contributed by atoms with Crippen LogP contribution in [0.4, 0.5) is 0 Å². The Morgan fingerprint density at radius 2 is 1.47 bits per heavy atom. The number of carbonyl (C=O) groups excluding carboxylic acids is 2.